The number of fused-ring (bicyclic) bond motifs is 1. The van der Waals surface area contributed by atoms with Crippen LogP contribution in [0.4, 0.5) is 9.52 Å². The maximum atomic E-state index is 13.0. The summed E-state index contributed by atoms with van der Waals surface area (Å²) in [5, 5.41) is 4.02. The van der Waals surface area contributed by atoms with Crippen molar-refractivity contribution >= 4 is 38.0 Å². The average molecular weight is 265 g/mol. The first kappa shape index (κ1) is 10.6. The zero-order valence-corrected chi connectivity index (χ0v) is 10.3. The third-order valence-electron chi connectivity index (χ3n) is 2.25. The molecule has 3 rings (SSSR count). The summed E-state index contributed by atoms with van der Waals surface area (Å²) in [5.74, 6) is -0.253. The molecule has 17 heavy (non-hydrogen) atoms. The van der Waals surface area contributed by atoms with Crippen LogP contribution in [-0.4, -0.2) is 9.97 Å². The van der Waals surface area contributed by atoms with E-state index >= 15 is 0 Å². The van der Waals surface area contributed by atoms with Gasteiger partial charge in [-0.3, -0.25) is 4.98 Å². The van der Waals surface area contributed by atoms with Crippen LogP contribution in [0.3, 0.4) is 0 Å². The minimum Gasteiger partial charge on any atom is -0.357 e. The lowest BCUT2D eigenvalue weighted by Crippen LogP contribution is -1.96. The second-order valence-corrected chi connectivity index (χ2v) is 5.45. The predicted octanol–water partition coefficient (Wildman–Crippen LogP) is 3.50. The largest absolute Gasteiger partial charge is 0.357 e. The molecule has 0 aliphatic rings. The zero-order valence-electron chi connectivity index (χ0n) is 8.68. The molecule has 0 atom stereocenters. The number of thiazole rings is 2. The molecule has 6 heteroatoms. The first-order chi connectivity index (χ1) is 8.31. The van der Waals surface area contributed by atoms with Gasteiger partial charge in [0.05, 0.1) is 22.3 Å². The van der Waals surface area contributed by atoms with Gasteiger partial charge in [0.2, 0.25) is 0 Å². The van der Waals surface area contributed by atoms with Gasteiger partial charge < -0.3 is 5.32 Å². The number of nitrogens with zero attached hydrogens (tertiary/aromatic N) is 2. The van der Waals surface area contributed by atoms with Crippen LogP contribution in [0.5, 0.6) is 0 Å². The average Bonchev–Trinajstić information content (AvgIpc) is 2.94. The van der Waals surface area contributed by atoms with E-state index in [2.05, 4.69) is 15.3 Å². The summed E-state index contributed by atoms with van der Waals surface area (Å²) in [6.45, 7) is 0.701. The molecule has 1 N–H and O–H groups in total. The van der Waals surface area contributed by atoms with Crippen LogP contribution in [0.15, 0.2) is 29.9 Å². The highest BCUT2D eigenvalue weighted by molar-refractivity contribution is 7.22. The lowest BCUT2D eigenvalue weighted by atomic mass is 10.3. The first-order valence-corrected chi connectivity index (χ1v) is 6.68. The van der Waals surface area contributed by atoms with Crippen LogP contribution < -0.4 is 5.32 Å². The topological polar surface area (TPSA) is 37.8 Å². The molecule has 2 aromatic heterocycles. The second kappa shape index (κ2) is 4.38. The quantitative estimate of drug-likeness (QED) is 0.787. The van der Waals surface area contributed by atoms with E-state index in [1.54, 1.807) is 22.9 Å². The molecule has 1 aromatic carbocycles. The van der Waals surface area contributed by atoms with Crippen molar-refractivity contribution in [2.24, 2.45) is 0 Å². The molecule has 0 amide bonds. The van der Waals surface area contributed by atoms with Gasteiger partial charge in [0.1, 0.15) is 5.82 Å². The summed E-state index contributed by atoms with van der Waals surface area (Å²) in [6, 6.07) is 4.65. The molecule has 2 heterocycles. The number of hydrogen-bond acceptors (Lipinski definition) is 5. The number of nitrogens with one attached hydrogen (secondary N) is 1. The number of rotatable bonds is 3. The molecular weight excluding hydrogens is 257 g/mol. The van der Waals surface area contributed by atoms with Crippen molar-refractivity contribution in [3.8, 4) is 0 Å². The van der Waals surface area contributed by atoms with Gasteiger partial charge >= 0.3 is 0 Å². The molecule has 0 spiro atoms. The highest BCUT2D eigenvalue weighted by atomic mass is 32.1. The van der Waals surface area contributed by atoms with E-state index in [1.807, 2.05) is 6.20 Å². The van der Waals surface area contributed by atoms with E-state index in [-0.39, 0.29) is 5.82 Å². The molecule has 0 unspecified atom stereocenters. The van der Waals surface area contributed by atoms with Crippen molar-refractivity contribution in [3.05, 3.63) is 40.6 Å². The fourth-order valence-electron chi connectivity index (χ4n) is 1.47. The molecule has 3 nitrogen and oxygen atoms in total. The molecule has 3 aromatic rings. The van der Waals surface area contributed by atoms with Crippen LogP contribution in [-0.2, 0) is 6.54 Å². The molecule has 86 valence electrons. The van der Waals surface area contributed by atoms with Crippen molar-refractivity contribution in [3.63, 3.8) is 0 Å². The summed E-state index contributed by atoms with van der Waals surface area (Å²) >= 11 is 3.12. The standard InChI is InChI=1S/C11H8FN3S2/c12-7-1-2-10-9(3-7)15-11(17-10)14-5-8-4-13-6-16-8/h1-4,6H,5H2,(H,14,15). The van der Waals surface area contributed by atoms with E-state index in [4.69, 9.17) is 0 Å². The van der Waals surface area contributed by atoms with Crippen molar-refractivity contribution in [1.29, 1.82) is 0 Å². The zero-order chi connectivity index (χ0) is 11.7. The minimum absolute atomic E-state index is 0.253. The van der Waals surface area contributed by atoms with E-state index in [1.165, 1.54) is 23.5 Å². The van der Waals surface area contributed by atoms with Gasteiger partial charge in [0.15, 0.2) is 5.13 Å². The van der Waals surface area contributed by atoms with Crippen LogP contribution in [0.2, 0.25) is 0 Å². The van der Waals surface area contributed by atoms with Crippen molar-refractivity contribution in [1.82, 2.24) is 9.97 Å². The van der Waals surface area contributed by atoms with Gasteiger partial charge in [-0.25, -0.2) is 9.37 Å². The normalized spacial score (nSPS) is 10.9. The molecule has 0 aliphatic heterocycles. The molecule has 0 saturated carbocycles. The Kier molecular flexibility index (Phi) is 2.74. The maximum Gasteiger partial charge on any atom is 0.184 e. The second-order valence-electron chi connectivity index (χ2n) is 3.45. The Morgan fingerprint density at radius 1 is 1.35 bits per heavy atom. The van der Waals surface area contributed by atoms with Crippen LogP contribution in [0, 0.1) is 5.82 Å². The van der Waals surface area contributed by atoms with Gasteiger partial charge in [-0.1, -0.05) is 11.3 Å². The smallest absolute Gasteiger partial charge is 0.184 e. The lowest BCUT2D eigenvalue weighted by molar-refractivity contribution is 0.629. The number of benzene rings is 1. The molecule has 0 fully saturated rings. The summed E-state index contributed by atoms with van der Waals surface area (Å²) in [7, 11) is 0. The lowest BCUT2D eigenvalue weighted by Gasteiger charge is -1.97. The van der Waals surface area contributed by atoms with Gasteiger partial charge in [-0.15, -0.1) is 11.3 Å². The Balaban J connectivity index is 1.81. The number of halogens is 1. The van der Waals surface area contributed by atoms with Gasteiger partial charge in [0, 0.05) is 17.1 Å². The van der Waals surface area contributed by atoms with Gasteiger partial charge in [-0.2, -0.15) is 0 Å². The molecular formula is C11H8FN3S2. The summed E-state index contributed by atoms with van der Waals surface area (Å²) < 4.78 is 14.0. The van der Waals surface area contributed by atoms with Crippen molar-refractivity contribution in [2.75, 3.05) is 5.32 Å². The fourth-order valence-corrected chi connectivity index (χ4v) is 2.84. The number of hydrogen-bond donors (Lipinski definition) is 1. The van der Waals surface area contributed by atoms with Crippen LogP contribution >= 0.6 is 22.7 Å². The fraction of sp³-hybridized carbons (Fsp3) is 0.0909. The summed E-state index contributed by atoms with van der Waals surface area (Å²) in [5.41, 5.74) is 2.49. The molecule has 0 bridgehead atoms. The number of aromatic nitrogens is 2. The SMILES string of the molecule is Fc1ccc2sc(NCc3cncs3)nc2c1. The Hall–Kier alpha value is -1.53. The maximum absolute atomic E-state index is 13.0. The van der Waals surface area contributed by atoms with E-state index < -0.39 is 0 Å². The Morgan fingerprint density at radius 2 is 2.29 bits per heavy atom. The van der Waals surface area contributed by atoms with Crippen molar-refractivity contribution < 1.29 is 4.39 Å². The minimum atomic E-state index is -0.253. The molecule has 0 radical (unpaired) electrons. The highest BCUT2D eigenvalue weighted by Crippen LogP contribution is 2.26. The Bertz CT molecular complexity index is 633. The van der Waals surface area contributed by atoms with Crippen LogP contribution in [0.25, 0.3) is 10.2 Å². The third kappa shape index (κ3) is 2.27. The summed E-state index contributed by atoms with van der Waals surface area (Å²) in [4.78, 5) is 9.47. The van der Waals surface area contributed by atoms with Crippen molar-refractivity contribution in [2.45, 2.75) is 6.54 Å². The van der Waals surface area contributed by atoms with Gasteiger partial charge in [0.25, 0.3) is 0 Å². The first-order valence-electron chi connectivity index (χ1n) is 4.98. The van der Waals surface area contributed by atoms with E-state index in [9.17, 15) is 4.39 Å². The van der Waals surface area contributed by atoms with E-state index in [0.29, 0.717) is 12.1 Å². The Morgan fingerprint density at radius 3 is 3.12 bits per heavy atom. The van der Waals surface area contributed by atoms with E-state index in [0.717, 1.165) is 14.7 Å². The molecule has 0 saturated heterocycles. The monoisotopic (exact) mass is 265 g/mol. The Labute approximate surface area is 105 Å². The summed E-state index contributed by atoms with van der Waals surface area (Å²) in [6.07, 6.45) is 1.82. The van der Waals surface area contributed by atoms with Crippen LogP contribution in [0.1, 0.15) is 4.88 Å². The highest BCUT2D eigenvalue weighted by Gasteiger charge is 2.04. The molecule has 0 aliphatic carbocycles. The number of anilines is 1. The van der Waals surface area contributed by atoms with Gasteiger partial charge in [-0.05, 0) is 12.1 Å². The predicted molar refractivity (Wildman–Crippen MR) is 69.0 cm³/mol. The third-order valence-corrected chi connectivity index (χ3v) is 4.02.